The van der Waals surface area contributed by atoms with Crippen molar-refractivity contribution < 1.29 is 23.1 Å². The Morgan fingerprint density at radius 3 is 2.84 bits per heavy atom. The highest BCUT2D eigenvalue weighted by Crippen LogP contribution is 2.17. The second-order valence-electron chi connectivity index (χ2n) is 4.41. The third-order valence-corrected chi connectivity index (χ3v) is 4.78. The Bertz CT molecular complexity index is 606. The second-order valence-corrected chi connectivity index (χ2v) is 6.64. The first-order valence-corrected chi connectivity index (χ1v) is 7.46. The normalized spacial score (nSPS) is 21.2. The summed E-state index contributed by atoms with van der Waals surface area (Å²) in [5.74, 6) is -1.83. The van der Waals surface area contributed by atoms with Crippen LogP contribution in [0.15, 0.2) is 6.33 Å². The van der Waals surface area contributed by atoms with E-state index in [0.717, 1.165) is 6.33 Å². The van der Waals surface area contributed by atoms with Gasteiger partial charge in [-0.3, -0.25) is 4.79 Å². The number of nitrogens with zero attached hydrogens (tertiary/aromatic N) is 1. The van der Waals surface area contributed by atoms with Crippen LogP contribution in [0.2, 0.25) is 0 Å². The maximum Gasteiger partial charge on any atom is 0.354 e. The van der Waals surface area contributed by atoms with Crippen LogP contribution in [-0.4, -0.2) is 53.4 Å². The van der Waals surface area contributed by atoms with Gasteiger partial charge in [0, 0.05) is 6.54 Å². The van der Waals surface area contributed by atoms with Gasteiger partial charge in [0.25, 0.3) is 5.91 Å². The number of sulfone groups is 1. The highest BCUT2D eigenvalue weighted by molar-refractivity contribution is 7.91. The highest BCUT2D eigenvalue weighted by Gasteiger charge is 2.28. The maximum absolute atomic E-state index is 11.7. The first-order valence-electron chi connectivity index (χ1n) is 5.64. The van der Waals surface area contributed by atoms with E-state index in [2.05, 4.69) is 15.3 Å². The van der Waals surface area contributed by atoms with E-state index in [1.54, 1.807) is 0 Å². The molecule has 1 aromatic heterocycles. The summed E-state index contributed by atoms with van der Waals surface area (Å²) in [6.45, 7) is 0.198. The third-order valence-electron chi connectivity index (χ3n) is 2.95. The van der Waals surface area contributed by atoms with E-state index in [9.17, 15) is 18.0 Å². The molecule has 1 atom stereocenters. The van der Waals surface area contributed by atoms with Crippen LogP contribution in [0.4, 0.5) is 0 Å². The number of imidazole rings is 1. The van der Waals surface area contributed by atoms with Gasteiger partial charge in [0.05, 0.1) is 17.8 Å². The number of carbonyl (C=O) groups excluding carboxylic acids is 1. The fourth-order valence-corrected chi connectivity index (χ4v) is 3.85. The van der Waals surface area contributed by atoms with Crippen LogP contribution in [-0.2, 0) is 9.84 Å². The van der Waals surface area contributed by atoms with E-state index >= 15 is 0 Å². The predicted octanol–water partition coefficient (Wildman–Crippen LogP) is -0.728. The van der Waals surface area contributed by atoms with Crippen molar-refractivity contribution in [2.24, 2.45) is 5.92 Å². The summed E-state index contributed by atoms with van der Waals surface area (Å²) in [6.07, 6.45) is 1.63. The molecule has 104 valence electrons. The molecule has 1 aliphatic rings. The summed E-state index contributed by atoms with van der Waals surface area (Å²) in [4.78, 5) is 28.5. The molecule has 1 aliphatic heterocycles. The Hall–Kier alpha value is -1.90. The first-order chi connectivity index (χ1) is 8.89. The number of carboxylic acid groups (broad SMARTS) is 1. The molecule has 1 fully saturated rings. The van der Waals surface area contributed by atoms with Crippen LogP contribution in [0.1, 0.15) is 27.4 Å². The Morgan fingerprint density at radius 1 is 1.53 bits per heavy atom. The summed E-state index contributed by atoms with van der Waals surface area (Å²) in [6, 6.07) is 0. The molecule has 9 heteroatoms. The lowest BCUT2D eigenvalue weighted by Crippen LogP contribution is -2.31. The maximum atomic E-state index is 11.7. The zero-order valence-electron chi connectivity index (χ0n) is 9.92. The topological polar surface area (TPSA) is 129 Å². The summed E-state index contributed by atoms with van der Waals surface area (Å²) in [5, 5.41) is 11.3. The van der Waals surface area contributed by atoms with Crippen LogP contribution < -0.4 is 5.32 Å². The summed E-state index contributed by atoms with van der Waals surface area (Å²) in [7, 11) is -2.99. The quantitative estimate of drug-likeness (QED) is 0.669. The number of aromatic nitrogens is 2. The number of rotatable bonds is 4. The molecule has 0 aliphatic carbocycles. The third kappa shape index (κ3) is 3.11. The van der Waals surface area contributed by atoms with E-state index in [1.807, 2.05) is 0 Å². The number of hydrogen-bond donors (Lipinski definition) is 3. The number of H-pyrrole nitrogens is 1. The number of hydrogen-bond acceptors (Lipinski definition) is 5. The molecule has 19 heavy (non-hydrogen) atoms. The predicted molar refractivity (Wildman–Crippen MR) is 64.6 cm³/mol. The van der Waals surface area contributed by atoms with Gasteiger partial charge in [-0.1, -0.05) is 0 Å². The summed E-state index contributed by atoms with van der Waals surface area (Å²) >= 11 is 0. The lowest BCUT2D eigenvalue weighted by molar-refractivity contribution is 0.0685. The van der Waals surface area contributed by atoms with Crippen molar-refractivity contribution in [1.82, 2.24) is 15.3 Å². The molecule has 2 heterocycles. The lowest BCUT2D eigenvalue weighted by Gasteiger charge is -2.08. The van der Waals surface area contributed by atoms with E-state index in [0.29, 0.717) is 6.42 Å². The Kier molecular flexibility index (Phi) is 3.56. The smallest absolute Gasteiger partial charge is 0.354 e. The minimum atomic E-state index is -2.99. The van der Waals surface area contributed by atoms with Gasteiger partial charge in [0.15, 0.2) is 21.2 Å². The van der Waals surface area contributed by atoms with Crippen molar-refractivity contribution in [2.75, 3.05) is 18.1 Å². The molecule has 2 rings (SSSR count). The second kappa shape index (κ2) is 5.00. The molecule has 1 saturated heterocycles. The largest absolute Gasteiger partial charge is 0.477 e. The van der Waals surface area contributed by atoms with Crippen molar-refractivity contribution in [3.63, 3.8) is 0 Å². The first kappa shape index (κ1) is 13.5. The van der Waals surface area contributed by atoms with Crippen molar-refractivity contribution in [2.45, 2.75) is 6.42 Å². The van der Waals surface area contributed by atoms with Crippen molar-refractivity contribution in [3.8, 4) is 0 Å². The average molecular weight is 287 g/mol. The fraction of sp³-hybridized carbons (Fsp3) is 0.500. The zero-order valence-corrected chi connectivity index (χ0v) is 10.7. The fourth-order valence-electron chi connectivity index (χ4n) is 1.98. The minimum absolute atomic E-state index is 0.0552. The molecular weight excluding hydrogens is 274 g/mol. The number of aromatic carboxylic acids is 1. The molecule has 3 N–H and O–H groups in total. The zero-order chi connectivity index (χ0) is 14.0. The Balaban J connectivity index is 1.95. The van der Waals surface area contributed by atoms with Gasteiger partial charge in [-0.05, 0) is 12.3 Å². The van der Waals surface area contributed by atoms with Gasteiger partial charge < -0.3 is 15.4 Å². The number of carboxylic acids is 1. The lowest BCUT2D eigenvalue weighted by atomic mass is 10.1. The summed E-state index contributed by atoms with van der Waals surface area (Å²) in [5.41, 5.74) is -0.482. The summed E-state index contributed by atoms with van der Waals surface area (Å²) < 4.78 is 22.5. The minimum Gasteiger partial charge on any atom is -0.477 e. The number of nitrogens with one attached hydrogen (secondary N) is 2. The molecule has 1 unspecified atom stereocenters. The standard InChI is InChI=1S/C10H13N3O5S/c14-9(7-8(10(15)16)13-5-12-7)11-3-6-1-2-19(17,18)4-6/h5-6H,1-4H2,(H,11,14)(H,12,13)(H,15,16). The van der Waals surface area contributed by atoms with Gasteiger partial charge in [-0.15, -0.1) is 0 Å². The van der Waals surface area contributed by atoms with Gasteiger partial charge in [0.2, 0.25) is 0 Å². The van der Waals surface area contributed by atoms with Crippen molar-refractivity contribution in [1.29, 1.82) is 0 Å². The monoisotopic (exact) mass is 287 g/mol. The van der Waals surface area contributed by atoms with Crippen LogP contribution in [0.25, 0.3) is 0 Å². The number of carbonyl (C=O) groups is 2. The van der Waals surface area contributed by atoms with Crippen molar-refractivity contribution in [3.05, 3.63) is 17.7 Å². The average Bonchev–Trinajstić information content (AvgIpc) is 2.92. The van der Waals surface area contributed by atoms with E-state index in [4.69, 9.17) is 5.11 Å². The number of aromatic amines is 1. The highest BCUT2D eigenvalue weighted by atomic mass is 32.2. The molecule has 0 aromatic carbocycles. The Labute approximate surface area is 109 Å². The number of amides is 1. The molecule has 0 bridgehead atoms. The van der Waals surface area contributed by atoms with Crippen molar-refractivity contribution >= 4 is 21.7 Å². The molecular formula is C10H13N3O5S. The van der Waals surface area contributed by atoms with Crippen LogP contribution in [0, 0.1) is 5.92 Å². The molecule has 1 amide bonds. The van der Waals surface area contributed by atoms with Gasteiger partial charge in [0.1, 0.15) is 0 Å². The van der Waals surface area contributed by atoms with Crippen LogP contribution >= 0.6 is 0 Å². The van der Waals surface area contributed by atoms with E-state index < -0.39 is 21.7 Å². The van der Waals surface area contributed by atoms with Crippen LogP contribution in [0.5, 0.6) is 0 Å². The van der Waals surface area contributed by atoms with Gasteiger partial charge >= 0.3 is 5.97 Å². The molecule has 1 aromatic rings. The Morgan fingerprint density at radius 2 is 2.26 bits per heavy atom. The SMILES string of the molecule is O=C(NCC1CCS(=O)(=O)C1)c1nc[nH]c1C(=O)O. The molecule has 8 nitrogen and oxygen atoms in total. The van der Waals surface area contributed by atoms with Crippen LogP contribution in [0.3, 0.4) is 0 Å². The molecule has 0 spiro atoms. The molecule has 0 radical (unpaired) electrons. The van der Waals surface area contributed by atoms with E-state index in [1.165, 1.54) is 0 Å². The van der Waals surface area contributed by atoms with E-state index in [-0.39, 0.29) is 35.4 Å². The van der Waals surface area contributed by atoms with Gasteiger partial charge in [-0.25, -0.2) is 18.2 Å². The van der Waals surface area contributed by atoms with Gasteiger partial charge in [-0.2, -0.15) is 0 Å². The molecule has 0 saturated carbocycles.